The molecule has 0 bridgehead atoms. The van der Waals surface area contributed by atoms with Crippen LogP contribution in [-0.4, -0.2) is 29.4 Å². The molecule has 16 heavy (non-hydrogen) atoms. The predicted molar refractivity (Wildman–Crippen MR) is 23.4 cm³/mol. The zero-order valence-electron chi connectivity index (χ0n) is 6.69. The molecule has 0 aromatic carbocycles. The normalized spacial score (nSPS) is 4.50. The molecule has 0 aliphatic rings. The molecule has 112 valence electrons. The number of carbonyl (C=O) groups is 3. The molecule has 0 aliphatic carbocycles. The minimum absolute atomic E-state index is 0. The summed E-state index contributed by atoms with van der Waals surface area (Å²) < 4.78 is 0. The van der Waals surface area contributed by atoms with E-state index in [0.29, 0.717) is 0 Å². The van der Waals surface area contributed by atoms with Gasteiger partial charge in [0.05, 0.1) is 0 Å². The third kappa shape index (κ3) is 63400. The molecule has 0 aliphatic heterocycles. The van der Waals surface area contributed by atoms with Crippen molar-refractivity contribution in [3.05, 3.63) is 0 Å². The zero-order chi connectivity index (χ0) is 10.7. The van der Waals surface area contributed by atoms with Gasteiger partial charge in [0.15, 0.2) is 0 Å². The van der Waals surface area contributed by atoms with Gasteiger partial charge in [-0.3, -0.25) is 0 Å². The molecule has 0 unspecified atom stereocenters. The summed E-state index contributed by atoms with van der Waals surface area (Å²) in [5.74, 6) is 0. The molecule has 0 rings (SSSR count). The van der Waals surface area contributed by atoms with Gasteiger partial charge in [-0.25, -0.2) is 0 Å². The molecule has 13 heteroatoms. The summed E-state index contributed by atoms with van der Waals surface area (Å²) in [6.07, 6.45) is -7.00. The van der Waals surface area contributed by atoms with Crippen LogP contribution in [0.2, 0.25) is 0 Å². The van der Waals surface area contributed by atoms with Crippen molar-refractivity contribution in [2.24, 2.45) is 0 Å². The zero-order valence-corrected chi connectivity index (χ0v) is 10.0. The van der Waals surface area contributed by atoms with Gasteiger partial charge < -0.3 is 56.0 Å². The Kier molecular flexibility index (Phi) is 100. The standard InChI is InChI=1S/3CH2O3.2Lu.2H2O/c3*2-1(3)4;;;;/h3*(H2,2,3,4);;;2*1H2/q;;;2*+3;;/p-6. The summed E-state index contributed by atoms with van der Waals surface area (Å²) in [4.78, 5) is 25.0. The topological polar surface area (TPSA) is 253 Å². The molecular weight excluding hydrogens is 562 g/mol. The molecule has 0 heterocycles. The van der Waals surface area contributed by atoms with E-state index < -0.39 is 18.5 Å². The van der Waals surface area contributed by atoms with Crippen LogP contribution in [0.1, 0.15) is 0 Å². The summed E-state index contributed by atoms with van der Waals surface area (Å²) in [5, 5.41) is 50.0. The maximum Gasteiger partial charge on any atom is 3.00 e. The average molecular weight is 566 g/mol. The number of hydrogen-bond donors (Lipinski definition) is 0. The Hall–Kier alpha value is 0.198. The first-order valence-corrected chi connectivity index (χ1v) is 1.84. The Morgan fingerprint density at radius 2 is 0.500 bits per heavy atom. The Labute approximate surface area is 146 Å². The van der Waals surface area contributed by atoms with Crippen LogP contribution in [0.3, 0.4) is 0 Å². The maximum atomic E-state index is 8.33. The van der Waals surface area contributed by atoms with Crippen molar-refractivity contribution >= 4 is 18.5 Å². The SMILES string of the molecule is O.O.O=C([O-])[O-].O=C([O-])[O-].O=C([O-])[O-].[Lu+3].[Lu+3]. The van der Waals surface area contributed by atoms with Crippen molar-refractivity contribution in [1.29, 1.82) is 0 Å². The quantitative estimate of drug-likeness (QED) is 0.270. The average Bonchev–Trinajstić information content (AvgIpc) is 1.54. The van der Waals surface area contributed by atoms with Crippen molar-refractivity contribution in [2.75, 3.05) is 0 Å². The molecule has 4 N–H and O–H groups in total. The second-order valence-corrected chi connectivity index (χ2v) is 0.750. The molecule has 0 saturated carbocycles. The molecular formula is C3H4Lu2O11. The van der Waals surface area contributed by atoms with Crippen LogP contribution in [0.15, 0.2) is 0 Å². The Morgan fingerprint density at radius 1 is 0.500 bits per heavy atom. The fraction of sp³-hybridized carbons (Fsp3) is 0. The second-order valence-electron chi connectivity index (χ2n) is 0.750. The van der Waals surface area contributed by atoms with Gasteiger partial charge in [0.1, 0.15) is 0 Å². The van der Waals surface area contributed by atoms with Crippen molar-refractivity contribution in [2.45, 2.75) is 0 Å². The molecule has 0 radical (unpaired) electrons. The van der Waals surface area contributed by atoms with Crippen LogP contribution in [0.4, 0.5) is 14.4 Å². The van der Waals surface area contributed by atoms with E-state index in [1.54, 1.807) is 0 Å². The molecule has 0 atom stereocenters. The summed E-state index contributed by atoms with van der Waals surface area (Å²) in [7, 11) is 0. The maximum absolute atomic E-state index is 8.33. The van der Waals surface area contributed by atoms with Crippen LogP contribution in [0.25, 0.3) is 0 Å². The number of hydrogen-bond acceptors (Lipinski definition) is 9. The minimum atomic E-state index is -2.33. The molecule has 0 spiro atoms. The summed E-state index contributed by atoms with van der Waals surface area (Å²) in [6.45, 7) is 0. The van der Waals surface area contributed by atoms with Crippen molar-refractivity contribution in [3.8, 4) is 0 Å². The Bertz CT molecular complexity index is 117. The van der Waals surface area contributed by atoms with Crippen LogP contribution in [-0.2, 0) is 0 Å². The molecule has 0 fully saturated rings. The summed E-state index contributed by atoms with van der Waals surface area (Å²) in [5.41, 5.74) is 0. The minimum Gasteiger partial charge on any atom is -0.652 e. The van der Waals surface area contributed by atoms with E-state index >= 15 is 0 Å². The molecule has 0 aromatic heterocycles. The Morgan fingerprint density at radius 3 is 0.500 bits per heavy atom. The third-order valence-corrected chi connectivity index (χ3v) is 0. The van der Waals surface area contributed by atoms with Crippen LogP contribution in [0.5, 0.6) is 0 Å². The van der Waals surface area contributed by atoms with E-state index in [4.69, 9.17) is 45.0 Å². The van der Waals surface area contributed by atoms with Crippen molar-refractivity contribution < 1.29 is 130 Å². The predicted octanol–water partition coefficient (Wildman–Crippen LogP) is -8.99. The van der Waals surface area contributed by atoms with E-state index in [1.165, 1.54) is 0 Å². The molecule has 11 nitrogen and oxygen atoms in total. The first-order valence-electron chi connectivity index (χ1n) is 1.84. The number of carboxylic acid groups (broad SMARTS) is 6. The van der Waals surface area contributed by atoms with E-state index in [-0.39, 0.29) is 84.7 Å². The van der Waals surface area contributed by atoms with Gasteiger partial charge in [-0.05, 0) is 18.5 Å². The fourth-order valence-corrected chi connectivity index (χ4v) is 0. The largest absolute Gasteiger partial charge is 3.00 e. The second kappa shape index (κ2) is 36.2. The Balaban J connectivity index is -0.0000000135. The smallest absolute Gasteiger partial charge is 0.652 e. The molecule has 0 saturated heterocycles. The van der Waals surface area contributed by atoms with Gasteiger partial charge in [0.25, 0.3) is 0 Å². The van der Waals surface area contributed by atoms with E-state index in [9.17, 15) is 0 Å². The van der Waals surface area contributed by atoms with Gasteiger partial charge >= 0.3 is 73.7 Å². The van der Waals surface area contributed by atoms with Crippen LogP contribution >= 0.6 is 0 Å². The van der Waals surface area contributed by atoms with Gasteiger partial charge in [-0.1, -0.05) is 0 Å². The van der Waals surface area contributed by atoms with Gasteiger partial charge in [0, 0.05) is 0 Å². The molecule has 0 aromatic rings. The van der Waals surface area contributed by atoms with E-state index in [1.807, 2.05) is 0 Å². The summed E-state index contributed by atoms with van der Waals surface area (Å²) in [6, 6.07) is 0. The van der Waals surface area contributed by atoms with Crippen molar-refractivity contribution in [1.82, 2.24) is 0 Å². The van der Waals surface area contributed by atoms with Crippen molar-refractivity contribution in [3.63, 3.8) is 0 Å². The van der Waals surface area contributed by atoms with E-state index in [0.717, 1.165) is 0 Å². The molecule has 0 amide bonds. The first-order chi connectivity index (χ1) is 5.20. The van der Waals surface area contributed by atoms with Crippen LogP contribution in [0, 0.1) is 73.7 Å². The van der Waals surface area contributed by atoms with Gasteiger partial charge in [-0.2, -0.15) is 0 Å². The monoisotopic (exact) mass is 566 g/mol. The van der Waals surface area contributed by atoms with Crippen LogP contribution < -0.4 is 30.6 Å². The van der Waals surface area contributed by atoms with Gasteiger partial charge in [-0.15, -0.1) is 0 Å². The number of rotatable bonds is 0. The van der Waals surface area contributed by atoms with E-state index in [2.05, 4.69) is 0 Å². The van der Waals surface area contributed by atoms with Gasteiger partial charge in [0.2, 0.25) is 0 Å². The number of carbonyl (C=O) groups excluding carboxylic acids is 3. The third-order valence-electron chi connectivity index (χ3n) is 0. The fourth-order valence-electron chi connectivity index (χ4n) is 0. The summed E-state index contributed by atoms with van der Waals surface area (Å²) >= 11 is 0. The first kappa shape index (κ1) is 44.2.